The predicted octanol–water partition coefficient (Wildman–Crippen LogP) is 3.73. The molecule has 0 aliphatic carbocycles. The molecule has 0 spiro atoms. The van der Waals surface area contributed by atoms with Crippen molar-refractivity contribution < 1.29 is 24.2 Å². The summed E-state index contributed by atoms with van der Waals surface area (Å²) in [6.45, 7) is 8.59. The number of aromatic nitrogens is 1. The number of aliphatic carboxylic acids is 1. The minimum Gasteiger partial charge on any atom is -0.481 e. The van der Waals surface area contributed by atoms with Crippen LogP contribution in [0.15, 0.2) is 18.3 Å². The van der Waals surface area contributed by atoms with Gasteiger partial charge in [-0.2, -0.15) is 0 Å². The fourth-order valence-electron chi connectivity index (χ4n) is 2.32. The van der Waals surface area contributed by atoms with Crippen molar-refractivity contribution in [1.29, 1.82) is 0 Å². The number of hydrogen-bond acceptors (Lipinski definition) is 6. The van der Waals surface area contributed by atoms with E-state index in [0.717, 1.165) is 17.3 Å². The summed E-state index contributed by atoms with van der Waals surface area (Å²) in [5.74, 6) is -1.32. The lowest BCUT2D eigenvalue weighted by Gasteiger charge is -2.21. The fraction of sp³-hybridized carbons (Fsp3) is 0.556. The molecule has 0 aliphatic rings. The first-order chi connectivity index (χ1) is 12.0. The van der Waals surface area contributed by atoms with Gasteiger partial charge in [-0.25, -0.2) is 9.78 Å². The number of amides is 1. The molecular formula is C18H26N2O5S. The second-order valence-corrected chi connectivity index (χ2v) is 8.30. The Morgan fingerprint density at radius 1 is 1.31 bits per heavy atom. The summed E-state index contributed by atoms with van der Waals surface area (Å²) in [6, 6.07) is 3.30. The van der Waals surface area contributed by atoms with Crippen molar-refractivity contribution >= 4 is 34.8 Å². The summed E-state index contributed by atoms with van der Waals surface area (Å²) in [4.78, 5) is 38.8. The lowest BCUT2D eigenvalue weighted by molar-refractivity contribution is -0.141. The van der Waals surface area contributed by atoms with Crippen LogP contribution in [-0.4, -0.2) is 38.1 Å². The highest BCUT2D eigenvalue weighted by Gasteiger charge is 2.29. The average molecular weight is 382 g/mol. The maximum Gasteiger partial charge on any atom is 0.413 e. The smallest absolute Gasteiger partial charge is 0.413 e. The molecule has 144 valence electrons. The Morgan fingerprint density at radius 3 is 2.38 bits per heavy atom. The zero-order valence-corrected chi connectivity index (χ0v) is 16.6. The molecule has 2 unspecified atom stereocenters. The molecule has 26 heavy (non-hydrogen) atoms. The quantitative estimate of drug-likeness (QED) is 0.740. The topological polar surface area (TPSA) is 106 Å². The van der Waals surface area contributed by atoms with E-state index in [9.17, 15) is 19.5 Å². The van der Waals surface area contributed by atoms with Crippen LogP contribution in [0, 0.1) is 5.92 Å². The Morgan fingerprint density at radius 2 is 1.96 bits per heavy atom. The second-order valence-electron chi connectivity index (χ2n) is 6.88. The number of carboxylic acids is 1. The molecule has 1 rings (SSSR count). The number of carbonyl (C=O) groups excluding carboxylic acids is 2. The van der Waals surface area contributed by atoms with Gasteiger partial charge in [0, 0.05) is 18.4 Å². The first-order valence-corrected chi connectivity index (χ1v) is 9.24. The van der Waals surface area contributed by atoms with Gasteiger partial charge in [-0.05, 0) is 45.2 Å². The molecule has 0 saturated heterocycles. The van der Waals surface area contributed by atoms with Gasteiger partial charge in [0.05, 0.1) is 5.92 Å². The molecule has 0 fully saturated rings. The van der Waals surface area contributed by atoms with E-state index in [1.807, 2.05) is 6.92 Å². The average Bonchev–Trinajstić information content (AvgIpc) is 2.49. The van der Waals surface area contributed by atoms with E-state index in [2.05, 4.69) is 10.3 Å². The third kappa shape index (κ3) is 7.86. The molecule has 1 aromatic rings. The standard InChI is InChI=1S/C18H26N2O5S/c1-6-14(26-11(2)21)13(16(22)23)9-12-7-8-15(19-10-12)20-17(24)25-18(3,4)5/h7-8,10,13-14H,6,9H2,1-5H3,(H,22,23)(H,19,20,24). The van der Waals surface area contributed by atoms with Gasteiger partial charge >= 0.3 is 12.1 Å². The highest BCUT2D eigenvalue weighted by Crippen LogP contribution is 2.27. The molecule has 1 amide bonds. The van der Waals surface area contributed by atoms with Gasteiger partial charge in [-0.1, -0.05) is 24.8 Å². The van der Waals surface area contributed by atoms with Gasteiger partial charge < -0.3 is 9.84 Å². The fourth-order valence-corrected chi connectivity index (χ4v) is 3.29. The number of nitrogens with zero attached hydrogens (tertiary/aromatic N) is 1. The molecule has 0 aliphatic heterocycles. The Bertz CT molecular complexity index is 640. The molecule has 0 radical (unpaired) electrons. The number of anilines is 1. The van der Waals surface area contributed by atoms with E-state index in [-0.39, 0.29) is 16.8 Å². The first kappa shape index (κ1) is 22.0. The van der Waals surface area contributed by atoms with Crippen LogP contribution < -0.4 is 5.32 Å². The lowest BCUT2D eigenvalue weighted by atomic mass is 9.95. The molecule has 0 aromatic carbocycles. The minimum atomic E-state index is -0.943. The molecule has 1 heterocycles. The summed E-state index contributed by atoms with van der Waals surface area (Å²) in [5, 5.41) is 11.6. The summed E-state index contributed by atoms with van der Waals surface area (Å²) < 4.78 is 5.15. The van der Waals surface area contributed by atoms with E-state index in [0.29, 0.717) is 12.2 Å². The predicted molar refractivity (Wildman–Crippen MR) is 101 cm³/mol. The summed E-state index contributed by atoms with van der Waals surface area (Å²) in [6.07, 6.45) is 1.75. The highest BCUT2D eigenvalue weighted by atomic mass is 32.2. The number of hydrogen-bond donors (Lipinski definition) is 2. The van der Waals surface area contributed by atoms with Gasteiger partial charge in [-0.15, -0.1) is 0 Å². The van der Waals surface area contributed by atoms with Crippen LogP contribution in [-0.2, 0) is 20.7 Å². The Labute approximate surface area is 157 Å². The van der Waals surface area contributed by atoms with Crippen LogP contribution in [0.1, 0.15) is 46.6 Å². The van der Waals surface area contributed by atoms with Crippen molar-refractivity contribution in [2.24, 2.45) is 5.92 Å². The molecule has 2 N–H and O–H groups in total. The van der Waals surface area contributed by atoms with Crippen molar-refractivity contribution in [3.05, 3.63) is 23.9 Å². The molecule has 1 aromatic heterocycles. The SMILES string of the molecule is CCC(SC(C)=O)C(Cc1ccc(NC(=O)OC(C)(C)C)nc1)C(=O)O. The molecule has 2 atom stereocenters. The molecule has 8 heteroatoms. The number of carboxylic acid groups (broad SMARTS) is 1. The van der Waals surface area contributed by atoms with Crippen LogP contribution in [0.25, 0.3) is 0 Å². The van der Waals surface area contributed by atoms with Gasteiger partial charge in [0.15, 0.2) is 5.12 Å². The van der Waals surface area contributed by atoms with Crippen LogP contribution in [0.2, 0.25) is 0 Å². The van der Waals surface area contributed by atoms with E-state index >= 15 is 0 Å². The molecule has 0 saturated carbocycles. The molecule has 0 bridgehead atoms. The number of carbonyl (C=O) groups is 3. The zero-order chi connectivity index (χ0) is 19.9. The number of ether oxygens (including phenoxy) is 1. The normalized spacial score (nSPS) is 13.6. The zero-order valence-electron chi connectivity index (χ0n) is 15.7. The number of rotatable bonds is 7. The summed E-state index contributed by atoms with van der Waals surface area (Å²) in [5.41, 5.74) is 0.109. The maximum atomic E-state index is 11.7. The van der Waals surface area contributed by atoms with Crippen molar-refractivity contribution in [1.82, 2.24) is 4.98 Å². The van der Waals surface area contributed by atoms with E-state index in [1.165, 1.54) is 13.1 Å². The largest absolute Gasteiger partial charge is 0.481 e. The minimum absolute atomic E-state index is 0.0990. The van der Waals surface area contributed by atoms with Crippen LogP contribution in [0.3, 0.4) is 0 Å². The second kappa shape index (κ2) is 9.56. The van der Waals surface area contributed by atoms with Crippen molar-refractivity contribution in [3.8, 4) is 0 Å². The van der Waals surface area contributed by atoms with Gasteiger partial charge in [0.1, 0.15) is 11.4 Å². The Kier molecular flexibility index (Phi) is 8.08. The maximum absolute atomic E-state index is 11.7. The third-order valence-corrected chi connectivity index (χ3v) is 4.69. The lowest BCUT2D eigenvalue weighted by Crippen LogP contribution is -2.28. The number of thioether (sulfide) groups is 1. The Balaban J connectivity index is 2.78. The first-order valence-electron chi connectivity index (χ1n) is 8.36. The van der Waals surface area contributed by atoms with Crippen LogP contribution >= 0.6 is 11.8 Å². The molecule has 7 nitrogen and oxygen atoms in total. The van der Waals surface area contributed by atoms with E-state index in [4.69, 9.17) is 4.74 Å². The monoisotopic (exact) mass is 382 g/mol. The van der Waals surface area contributed by atoms with Gasteiger partial charge in [0.2, 0.25) is 0 Å². The number of pyridine rings is 1. The third-order valence-electron chi connectivity index (χ3n) is 3.40. The number of nitrogens with one attached hydrogen (secondary N) is 1. The van der Waals surface area contributed by atoms with Crippen LogP contribution in [0.5, 0.6) is 0 Å². The van der Waals surface area contributed by atoms with Crippen molar-refractivity contribution in [3.63, 3.8) is 0 Å². The van der Waals surface area contributed by atoms with Crippen molar-refractivity contribution in [2.75, 3.05) is 5.32 Å². The van der Waals surface area contributed by atoms with Gasteiger partial charge in [0.25, 0.3) is 0 Å². The van der Waals surface area contributed by atoms with Crippen LogP contribution in [0.4, 0.5) is 10.6 Å². The van der Waals surface area contributed by atoms with Crippen molar-refractivity contribution in [2.45, 2.75) is 58.3 Å². The summed E-state index contributed by atoms with van der Waals surface area (Å²) in [7, 11) is 0. The molecular weight excluding hydrogens is 356 g/mol. The summed E-state index contributed by atoms with van der Waals surface area (Å²) >= 11 is 1.06. The van der Waals surface area contributed by atoms with E-state index in [1.54, 1.807) is 32.9 Å². The Hall–Kier alpha value is -2.09. The highest BCUT2D eigenvalue weighted by molar-refractivity contribution is 8.14. The van der Waals surface area contributed by atoms with Gasteiger partial charge in [-0.3, -0.25) is 14.9 Å². The van der Waals surface area contributed by atoms with E-state index < -0.39 is 23.6 Å².